The van der Waals surface area contributed by atoms with E-state index in [0.29, 0.717) is 0 Å². The van der Waals surface area contributed by atoms with E-state index in [1.165, 1.54) is 97.6 Å². The normalized spacial score (nSPS) is 10.5. The Labute approximate surface area is 277 Å². The Morgan fingerprint density at radius 3 is 1.79 bits per heavy atom. The predicted octanol–water partition coefficient (Wildman–Crippen LogP) is 12.6. The zero-order valence-corrected chi connectivity index (χ0v) is 29.3. The monoisotopic (exact) mass is 628 g/mol. The second-order valence-electron chi connectivity index (χ2n) is 11.1. The van der Waals surface area contributed by atoms with Gasteiger partial charge in [-0.25, -0.2) is 0 Å². The van der Waals surface area contributed by atoms with Gasteiger partial charge in [-0.15, -0.1) is 4.79 Å². The minimum absolute atomic E-state index is 0. The van der Waals surface area contributed by atoms with Crippen LogP contribution in [-0.2, 0) is 29.3 Å². The zero-order chi connectivity index (χ0) is 31.3. The molecular formula is C40H62N2Ni. The molecule has 0 bridgehead atoms. The van der Waals surface area contributed by atoms with Crippen molar-refractivity contribution in [2.24, 2.45) is 0 Å². The molecule has 0 aromatic heterocycles. The molecule has 0 fully saturated rings. The fraction of sp³-hybridized carbons (Fsp3) is 0.550. The molecule has 0 unspecified atom stereocenters. The van der Waals surface area contributed by atoms with Crippen LogP contribution in [0.1, 0.15) is 153 Å². The molecule has 0 aliphatic heterocycles. The van der Waals surface area contributed by atoms with Crippen molar-refractivity contribution in [3.8, 4) is 0 Å². The van der Waals surface area contributed by atoms with Gasteiger partial charge >= 0.3 is 16.5 Å². The van der Waals surface area contributed by atoms with Gasteiger partial charge in [0.25, 0.3) is 5.87 Å². The van der Waals surface area contributed by atoms with Crippen molar-refractivity contribution in [1.29, 1.82) is 0 Å². The molecule has 43 heavy (non-hydrogen) atoms. The summed E-state index contributed by atoms with van der Waals surface area (Å²) in [5.74, 6) is 2.69. The molecule has 0 N–H and O–H groups in total. The summed E-state index contributed by atoms with van der Waals surface area (Å²) in [6, 6.07) is 18.1. The van der Waals surface area contributed by atoms with Crippen molar-refractivity contribution in [2.45, 2.75) is 144 Å². The van der Waals surface area contributed by atoms with Crippen molar-refractivity contribution >= 4 is 11.4 Å². The van der Waals surface area contributed by atoms with E-state index >= 15 is 0 Å². The first-order chi connectivity index (χ1) is 20.6. The third kappa shape index (κ3) is 21.2. The van der Waals surface area contributed by atoms with Crippen LogP contribution in [0.2, 0.25) is 0 Å². The van der Waals surface area contributed by atoms with Gasteiger partial charge in [-0.2, -0.15) is 12.8 Å². The summed E-state index contributed by atoms with van der Waals surface area (Å²) in [6.45, 7) is 18.2. The number of nitrogens with zero attached hydrogens (tertiary/aromatic N) is 2. The van der Waals surface area contributed by atoms with Gasteiger partial charge in [0.15, 0.2) is 0 Å². The van der Waals surface area contributed by atoms with Crippen molar-refractivity contribution in [3.63, 3.8) is 0 Å². The molecule has 0 atom stereocenters. The number of unbranched alkanes of at least 4 members (excludes halogenated alkanes) is 9. The van der Waals surface area contributed by atoms with Crippen molar-refractivity contribution in [2.75, 3.05) is 0 Å². The number of aryl methyl sites for hydroxylation is 2. The van der Waals surface area contributed by atoms with E-state index in [-0.39, 0.29) is 16.5 Å². The minimum Gasteiger partial charge on any atom is -0.348 e. The third-order valence-corrected chi connectivity index (χ3v) is 7.22. The second-order valence-corrected chi connectivity index (χ2v) is 11.1. The molecule has 2 aromatic rings. The Morgan fingerprint density at radius 1 is 0.674 bits per heavy atom. The number of rotatable bonds is 18. The van der Waals surface area contributed by atoms with Crippen LogP contribution in [0, 0.1) is 13.8 Å². The predicted molar refractivity (Wildman–Crippen MR) is 188 cm³/mol. The summed E-state index contributed by atoms with van der Waals surface area (Å²) in [6.07, 6.45) is 22.2. The molecule has 0 spiro atoms. The van der Waals surface area contributed by atoms with E-state index in [9.17, 15) is 0 Å². The van der Waals surface area contributed by atoms with Crippen LogP contribution in [0.3, 0.4) is 0 Å². The molecule has 2 rings (SSSR count). The van der Waals surface area contributed by atoms with Crippen LogP contribution >= 0.6 is 0 Å². The van der Waals surface area contributed by atoms with Gasteiger partial charge in [-0.05, 0) is 71.9 Å². The summed E-state index contributed by atoms with van der Waals surface area (Å²) in [4.78, 5) is 3.15. The molecule has 242 valence electrons. The molecule has 0 aliphatic carbocycles. The van der Waals surface area contributed by atoms with Crippen molar-refractivity contribution < 1.29 is 21.3 Å². The maximum absolute atomic E-state index is 9.06. The fourth-order valence-corrected chi connectivity index (χ4v) is 4.49. The van der Waals surface area contributed by atoms with Crippen molar-refractivity contribution in [1.82, 2.24) is 0 Å². The van der Waals surface area contributed by atoms with Gasteiger partial charge in [0.05, 0.1) is 6.08 Å². The first kappa shape index (κ1) is 43.0. The van der Waals surface area contributed by atoms with E-state index in [4.69, 9.17) is 5.53 Å². The number of allylic oxidation sites excluding steroid dienone is 2. The average molecular weight is 630 g/mol. The molecule has 0 heterocycles. The summed E-state index contributed by atoms with van der Waals surface area (Å²) in [5.41, 5.74) is 16.7. The smallest absolute Gasteiger partial charge is 0.348 e. The molecule has 0 amide bonds. The number of hydrogen-bond acceptors (Lipinski definition) is 0. The van der Waals surface area contributed by atoms with E-state index in [1.807, 2.05) is 6.08 Å². The van der Waals surface area contributed by atoms with Crippen LogP contribution in [0.4, 0.5) is 0 Å². The standard InChI is InChI=1S/C32H44N2.2C4H9.Ni/c1-4-7-10-11-12-13-16-28-17-14-19-31(26-28)32(29(18-9-6-3)24-25-34-33)30-22-20-27(21-23-30)15-8-5-2;2*1-3-4-2;/h14,17,19-24,26H,4-13,15-16,18H2,1-3H3;2*1,3-4H2,2H3;/q;2*-1;+2. The van der Waals surface area contributed by atoms with Gasteiger partial charge in [-0.1, -0.05) is 141 Å². The Bertz CT molecular complexity index is 1020. The molecule has 0 radical (unpaired) electrons. The molecule has 3 heteroatoms. The van der Waals surface area contributed by atoms with Crippen LogP contribution in [0.15, 0.2) is 60.2 Å². The number of benzene rings is 2. The quantitative estimate of drug-likeness (QED) is 0.0299. The minimum atomic E-state index is 0. The van der Waals surface area contributed by atoms with E-state index in [2.05, 4.69) is 108 Å². The summed E-state index contributed by atoms with van der Waals surface area (Å²) in [7, 11) is 0. The largest absolute Gasteiger partial charge is 2.00 e. The van der Waals surface area contributed by atoms with Crippen LogP contribution in [0.25, 0.3) is 11.1 Å². The summed E-state index contributed by atoms with van der Waals surface area (Å²) < 4.78 is 0. The van der Waals surface area contributed by atoms with E-state index in [1.54, 1.807) is 0 Å². The molecular weight excluding hydrogens is 567 g/mol. The van der Waals surface area contributed by atoms with Gasteiger partial charge in [-0.3, -0.25) is 0 Å². The topological polar surface area (TPSA) is 36.4 Å². The van der Waals surface area contributed by atoms with E-state index in [0.717, 1.165) is 44.9 Å². The Hall–Kier alpha value is -2.17. The SMILES string of the molecule is CCCCCCCCc1cccc(C(=C(C=C=[N+]=[N-])CCCC)c2ccc(CCCC)cc2)c1.[CH2-]CCC.[CH2-]CCC.[Ni+2]. The Balaban J connectivity index is 0. The van der Waals surface area contributed by atoms with Crippen LogP contribution in [-0.4, -0.2) is 10.7 Å². The average Bonchev–Trinajstić information content (AvgIpc) is 3.03. The molecule has 0 aliphatic rings. The van der Waals surface area contributed by atoms with Gasteiger partial charge in [0, 0.05) is 0 Å². The second kappa shape index (κ2) is 31.3. The van der Waals surface area contributed by atoms with Crippen LogP contribution < -0.4 is 0 Å². The Morgan fingerprint density at radius 2 is 1.23 bits per heavy atom. The van der Waals surface area contributed by atoms with E-state index < -0.39 is 0 Å². The maximum Gasteiger partial charge on any atom is 2.00 e. The molecule has 2 nitrogen and oxygen atoms in total. The van der Waals surface area contributed by atoms with Gasteiger partial charge < -0.3 is 19.4 Å². The maximum atomic E-state index is 9.06. The number of hydrogen-bond donors (Lipinski definition) is 0. The Kier molecular flexibility index (Phi) is 31.2. The summed E-state index contributed by atoms with van der Waals surface area (Å²) in [5, 5.41) is 0. The first-order valence-corrected chi connectivity index (χ1v) is 17.0. The molecule has 0 saturated heterocycles. The van der Waals surface area contributed by atoms with Crippen molar-refractivity contribution in [3.05, 3.63) is 102 Å². The molecule has 2 aromatic carbocycles. The zero-order valence-electron chi connectivity index (χ0n) is 28.3. The fourth-order valence-electron chi connectivity index (χ4n) is 4.49. The summed E-state index contributed by atoms with van der Waals surface area (Å²) >= 11 is 0. The first-order valence-electron chi connectivity index (χ1n) is 17.0. The van der Waals surface area contributed by atoms with Gasteiger partial charge in [0.1, 0.15) is 0 Å². The molecule has 0 saturated carbocycles. The third-order valence-electron chi connectivity index (χ3n) is 7.22. The van der Waals surface area contributed by atoms with Gasteiger partial charge in [0.2, 0.25) is 0 Å². The van der Waals surface area contributed by atoms with Crippen LogP contribution in [0.5, 0.6) is 0 Å².